The van der Waals surface area contributed by atoms with Gasteiger partial charge in [0.1, 0.15) is 5.82 Å². The molecular formula is C23H26FN7O. The summed E-state index contributed by atoms with van der Waals surface area (Å²) in [5.41, 5.74) is 3.59. The molecule has 8 nitrogen and oxygen atoms in total. The van der Waals surface area contributed by atoms with Crippen molar-refractivity contribution in [2.24, 2.45) is 0 Å². The molecule has 2 aromatic heterocycles. The van der Waals surface area contributed by atoms with Crippen LogP contribution in [0.3, 0.4) is 0 Å². The number of pyridine rings is 1. The minimum Gasteiger partial charge on any atom is -0.392 e. The number of aliphatic hydroxyl groups excluding tert-OH is 1. The molecule has 0 saturated carbocycles. The number of aryl methyl sites for hydroxylation is 1. The van der Waals surface area contributed by atoms with Crippen molar-refractivity contribution >= 4 is 28.8 Å². The zero-order valence-electron chi connectivity index (χ0n) is 18.1. The Balaban J connectivity index is 1.36. The molecule has 0 amide bonds. The minimum atomic E-state index is -0.593. The summed E-state index contributed by atoms with van der Waals surface area (Å²) in [6, 6.07) is 10.2. The molecule has 2 saturated heterocycles. The van der Waals surface area contributed by atoms with Crippen molar-refractivity contribution in [3.63, 3.8) is 0 Å². The standard InChI is InChI=1S/C23H26FN7O/c1-14-9-26-23(29-22(14)27-16-5-3-4-15(6-16)13-32)28-20-8-17(10-25-21(20)24)31-12-18-7-19(31)11-30(18)2/h3-6,8-10,18-19,32H,7,11-13H2,1-2H3,(H2,26,27,28,29). The fourth-order valence-corrected chi connectivity index (χ4v) is 4.50. The van der Waals surface area contributed by atoms with E-state index in [1.54, 1.807) is 18.5 Å². The number of aliphatic hydroxyl groups is 1. The molecule has 0 aliphatic carbocycles. The van der Waals surface area contributed by atoms with Crippen molar-refractivity contribution in [2.75, 3.05) is 35.7 Å². The van der Waals surface area contributed by atoms with Gasteiger partial charge in [0, 0.05) is 42.6 Å². The molecule has 4 heterocycles. The monoisotopic (exact) mass is 435 g/mol. The van der Waals surface area contributed by atoms with E-state index in [0.717, 1.165) is 42.0 Å². The van der Waals surface area contributed by atoms with Gasteiger partial charge in [0.05, 0.1) is 24.2 Å². The Hall–Kier alpha value is -3.30. The fraction of sp³-hybridized carbons (Fsp3) is 0.348. The van der Waals surface area contributed by atoms with E-state index >= 15 is 0 Å². The highest BCUT2D eigenvalue weighted by Crippen LogP contribution is 2.35. The van der Waals surface area contributed by atoms with Gasteiger partial charge in [0.2, 0.25) is 11.9 Å². The number of likely N-dealkylation sites (N-methyl/N-ethyl adjacent to an activating group) is 1. The van der Waals surface area contributed by atoms with Gasteiger partial charge in [0.25, 0.3) is 0 Å². The molecule has 2 aliphatic rings. The third-order valence-electron chi connectivity index (χ3n) is 6.26. The topological polar surface area (TPSA) is 89.4 Å². The molecule has 9 heteroatoms. The van der Waals surface area contributed by atoms with Gasteiger partial charge >= 0.3 is 0 Å². The number of hydrogen-bond donors (Lipinski definition) is 3. The molecule has 2 fully saturated rings. The first kappa shape index (κ1) is 20.6. The van der Waals surface area contributed by atoms with Crippen LogP contribution in [0.1, 0.15) is 17.5 Å². The van der Waals surface area contributed by atoms with E-state index < -0.39 is 5.95 Å². The largest absolute Gasteiger partial charge is 0.392 e. The number of hydrogen-bond acceptors (Lipinski definition) is 8. The fourth-order valence-electron chi connectivity index (χ4n) is 4.50. The summed E-state index contributed by atoms with van der Waals surface area (Å²) in [6.07, 6.45) is 4.40. The van der Waals surface area contributed by atoms with Crippen LogP contribution in [0.5, 0.6) is 0 Å². The lowest BCUT2D eigenvalue weighted by molar-refractivity contribution is 0.282. The van der Waals surface area contributed by atoms with Crippen LogP contribution in [0, 0.1) is 12.9 Å². The van der Waals surface area contributed by atoms with Crippen molar-refractivity contribution in [3.05, 3.63) is 59.8 Å². The summed E-state index contributed by atoms with van der Waals surface area (Å²) >= 11 is 0. The number of aromatic nitrogens is 3. The number of rotatable bonds is 6. The van der Waals surface area contributed by atoms with Gasteiger partial charge in [-0.05, 0) is 44.2 Å². The first-order valence-corrected chi connectivity index (χ1v) is 10.7. The first-order chi connectivity index (χ1) is 15.5. The van der Waals surface area contributed by atoms with Crippen LogP contribution < -0.4 is 15.5 Å². The summed E-state index contributed by atoms with van der Waals surface area (Å²) in [5.74, 6) is 0.281. The second-order valence-electron chi connectivity index (χ2n) is 8.50. The summed E-state index contributed by atoms with van der Waals surface area (Å²) in [7, 11) is 2.15. The number of nitrogens with one attached hydrogen (secondary N) is 2. The van der Waals surface area contributed by atoms with E-state index in [0.29, 0.717) is 17.9 Å². The molecule has 3 aromatic rings. The van der Waals surface area contributed by atoms with E-state index in [9.17, 15) is 9.50 Å². The Bertz CT molecular complexity index is 1140. The van der Waals surface area contributed by atoms with Crippen LogP contribution in [-0.4, -0.2) is 57.2 Å². The number of halogens is 1. The maximum Gasteiger partial charge on any atom is 0.236 e. The van der Waals surface area contributed by atoms with E-state index in [-0.39, 0.29) is 18.2 Å². The highest BCUT2D eigenvalue weighted by atomic mass is 19.1. The Morgan fingerprint density at radius 3 is 2.75 bits per heavy atom. The van der Waals surface area contributed by atoms with Crippen LogP contribution in [0.15, 0.2) is 42.7 Å². The maximum absolute atomic E-state index is 14.5. The average Bonchev–Trinajstić information content (AvgIpc) is 3.37. The zero-order valence-corrected chi connectivity index (χ0v) is 18.1. The van der Waals surface area contributed by atoms with Gasteiger partial charge < -0.3 is 20.6 Å². The Kier molecular flexibility index (Phi) is 5.36. The molecule has 2 aliphatic heterocycles. The smallest absolute Gasteiger partial charge is 0.236 e. The number of piperazine rings is 1. The van der Waals surface area contributed by atoms with Crippen molar-refractivity contribution in [3.8, 4) is 0 Å². The van der Waals surface area contributed by atoms with Crippen molar-refractivity contribution in [1.29, 1.82) is 0 Å². The highest BCUT2D eigenvalue weighted by Gasteiger charge is 2.41. The molecule has 2 atom stereocenters. The molecule has 0 radical (unpaired) electrons. The molecule has 0 spiro atoms. The molecule has 3 N–H and O–H groups in total. The van der Waals surface area contributed by atoms with Gasteiger partial charge in [-0.2, -0.15) is 9.37 Å². The van der Waals surface area contributed by atoms with Crippen LogP contribution in [-0.2, 0) is 6.61 Å². The molecule has 166 valence electrons. The van der Waals surface area contributed by atoms with E-state index in [4.69, 9.17) is 0 Å². The van der Waals surface area contributed by atoms with Crippen LogP contribution in [0.4, 0.5) is 33.2 Å². The Labute approximate surface area is 186 Å². The summed E-state index contributed by atoms with van der Waals surface area (Å²) < 4.78 is 14.5. The van der Waals surface area contributed by atoms with Gasteiger partial charge in [-0.25, -0.2) is 9.97 Å². The normalized spacial score (nSPS) is 20.1. The van der Waals surface area contributed by atoms with Crippen molar-refractivity contribution in [1.82, 2.24) is 19.9 Å². The lowest BCUT2D eigenvalue weighted by atomic mass is 10.2. The van der Waals surface area contributed by atoms with E-state index in [2.05, 4.69) is 42.4 Å². The number of anilines is 5. The average molecular weight is 436 g/mol. The van der Waals surface area contributed by atoms with Crippen molar-refractivity contribution < 1.29 is 9.50 Å². The van der Waals surface area contributed by atoms with Gasteiger partial charge in [-0.1, -0.05) is 12.1 Å². The zero-order chi connectivity index (χ0) is 22.2. The third kappa shape index (κ3) is 3.96. The Morgan fingerprint density at radius 2 is 2.00 bits per heavy atom. The van der Waals surface area contributed by atoms with Crippen LogP contribution in [0.25, 0.3) is 0 Å². The summed E-state index contributed by atoms with van der Waals surface area (Å²) in [6.45, 7) is 3.79. The molecule has 2 unspecified atom stereocenters. The molecule has 32 heavy (non-hydrogen) atoms. The van der Waals surface area contributed by atoms with Crippen molar-refractivity contribution in [2.45, 2.75) is 32.0 Å². The third-order valence-corrected chi connectivity index (χ3v) is 6.26. The molecule has 1 aromatic carbocycles. The van der Waals surface area contributed by atoms with Gasteiger partial charge in [-0.15, -0.1) is 0 Å². The second-order valence-corrected chi connectivity index (χ2v) is 8.50. The molecule has 2 bridgehead atoms. The van der Waals surface area contributed by atoms with Gasteiger partial charge in [-0.3, -0.25) is 4.90 Å². The van der Waals surface area contributed by atoms with Crippen LogP contribution >= 0.6 is 0 Å². The first-order valence-electron chi connectivity index (χ1n) is 10.7. The lowest BCUT2D eigenvalue weighted by Crippen LogP contribution is -2.44. The maximum atomic E-state index is 14.5. The second kappa shape index (κ2) is 8.33. The number of fused-ring (bicyclic) bond motifs is 2. The SMILES string of the molecule is Cc1cnc(Nc2cc(N3CC4CC3CN4C)cnc2F)nc1Nc1cccc(CO)c1. The number of likely N-dealkylation sites (tertiary alicyclic amines) is 1. The quantitative estimate of drug-likeness (QED) is 0.509. The number of nitrogens with zero attached hydrogens (tertiary/aromatic N) is 5. The number of benzene rings is 1. The predicted molar refractivity (Wildman–Crippen MR) is 122 cm³/mol. The summed E-state index contributed by atoms with van der Waals surface area (Å²) in [4.78, 5) is 17.5. The van der Waals surface area contributed by atoms with E-state index in [1.807, 2.05) is 31.2 Å². The van der Waals surface area contributed by atoms with E-state index in [1.165, 1.54) is 0 Å². The highest BCUT2D eigenvalue weighted by molar-refractivity contribution is 5.65. The summed E-state index contributed by atoms with van der Waals surface area (Å²) in [5, 5.41) is 15.6. The predicted octanol–water partition coefficient (Wildman–Crippen LogP) is 3.19. The molecular weight excluding hydrogens is 409 g/mol. The van der Waals surface area contributed by atoms with Crippen LogP contribution in [0.2, 0.25) is 0 Å². The minimum absolute atomic E-state index is 0.0391. The Morgan fingerprint density at radius 1 is 1.12 bits per heavy atom. The molecule has 5 rings (SSSR count). The van der Waals surface area contributed by atoms with Gasteiger partial charge in [0.15, 0.2) is 0 Å². The lowest BCUT2D eigenvalue weighted by Gasteiger charge is -2.33.